The number of hydrogen-bond acceptors (Lipinski definition) is 3. The quantitative estimate of drug-likeness (QED) is 0.715. The van der Waals surface area contributed by atoms with Crippen molar-refractivity contribution in [1.29, 1.82) is 0 Å². The SMILES string of the molecule is CCCN(CC)c1ncc(C)s1. The summed E-state index contributed by atoms with van der Waals surface area (Å²) in [4.78, 5) is 7.96. The monoisotopic (exact) mass is 184 g/mol. The van der Waals surface area contributed by atoms with E-state index in [1.165, 1.54) is 11.3 Å². The number of anilines is 1. The van der Waals surface area contributed by atoms with Crippen molar-refractivity contribution in [2.75, 3.05) is 18.0 Å². The van der Waals surface area contributed by atoms with Gasteiger partial charge in [-0.1, -0.05) is 6.92 Å². The van der Waals surface area contributed by atoms with Crippen LogP contribution in [0.25, 0.3) is 0 Å². The van der Waals surface area contributed by atoms with Crippen LogP contribution in [0, 0.1) is 6.92 Å². The third kappa shape index (κ3) is 2.21. The summed E-state index contributed by atoms with van der Waals surface area (Å²) in [6.07, 6.45) is 3.13. The topological polar surface area (TPSA) is 16.1 Å². The fraction of sp³-hybridized carbons (Fsp3) is 0.667. The molecule has 2 nitrogen and oxygen atoms in total. The van der Waals surface area contributed by atoms with Gasteiger partial charge in [-0.25, -0.2) is 4.98 Å². The lowest BCUT2D eigenvalue weighted by atomic mass is 10.4. The zero-order valence-corrected chi connectivity index (χ0v) is 8.82. The maximum Gasteiger partial charge on any atom is 0.185 e. The van der Waals surface area contributed by atoms with Gasteiger partial charge in [-0.3, -0.25) is 0 Å². The fourth-order valence-electron chi connectivity index (χ4n) is 1.15. The summed E-state index contributed by atoms with van der Waals surface area (Å²) in [6, 6.07) is 0. The summed E-state index contributed by atoms with van der Waals surface area (Å²) in [5.41, 5.74) is 0. The minimum absolute atomic E-state index is 1.06. The molecule has 0 spiro atoms. The summed E-state index contributed by atoms with van der Waals surface area (Å²) in [6.45, 7) is 8.64. The largest absolute Gasteiger partial charge is 0.348 e. The molecule has 12 heavy (non-hydrogen) atoms. The average Bonchev–Trinajstić information content (AvgIpc) is 2.47. The second-order valence-corrected chi connectivity index (χ2v) is 4.05. The molecule has 1 aromatic rings. The van der Waals surface area contributed by atoms with Crippen molar-refractivity contribution in [3.05, 3.63) is 11.1 Å². The predicted molar refractivity (Wildman–Crippen MR) is 55.0 cm³/mol. The van der Waals surface area contributed by atoms with Crippen LogP contribution in [0.15, 0.2) is 6.20 Å². The fourth-order valence-corrected chi connectivity index (χ4v) is 2.00. The van der Waals surface area contributed by atoms with Crippen LogP contribution < -0.4 is 4.90 Å². The Balaban J connectivity index is 2.66. The van der Waals surface area contributed by atoms with Gasteiger partial charge >= 0.3 is 0 Å². The van der Waals surface area contributed by atoms with Gasteiger partial charge in [0.2, 0.25) is 0 Å². The Morgan fingerprint density at radius 3 is 2.67 bits per heavy atom. The van der Waals surface area contributed by atoms with Gasteiger partial charge in [0.15, 0.2) is 5.13 Å². The van der Waals surface area contributed by atoms with Gasteiger partial charge in [0, 0.05) is 24.2 Å². The lowest BCUT2D eigenvalue weighted by Gasteiger charge is -2.18. The summed E-state index contributed by atoms with van der Waals surface area (Å²) in [5, 5.41) is 1.16. The molecule has 0 saturated heterocycles. The Kier molecular flexibility index (Phi) is 3.53. The van der Waals surface area contributed by atoms with Gasteiger partial charge in [-0.2, -0.15) is 0 Å². The molecule has 0 N–H and O–H groups in total. The first-order valence-electron chi connectivity index (χ1n) is 4.45. The van der Waals surface area contributed by atoms with E-state index in [0.29, 0.717) is 0 Å². The number of thiazole rings is 1. The minimum atomic E-state index is 1.06. The van der Waals surface area contributed by atoms with Gasteiger partial charge in [-0.15, -0.1) is 11.3 Å². The van der Waals surface area contributed by atoms with Crippen molar-refractivity contribution >= 4 is 16.5 Å². The Morgan fingerprint density at radius 1 is 1.50 bits per heavy atom. The molecule has 1 heterocycles. The van der Waals surface area contributed by atoms with Crippen molar-refractivity contribution in [3.8, 4) is 0 Å². The Morgan fingerprint density at radius 2 is 2.25 bits per heavy atom. The second-order valence-electron chi connectivity index (χ2n) is 2.83. The third-order valence-electron chi connectivity index (χ3n) is 1.75. The molecule has 68 valence electrons. The molecule has 0 unspecified atom stereocenters. The maximum absolute atomic E-state index is 4.35. The van der Waals surface area contributed by atoms with Crippen molar-refractivity contribution < 1.29 is 0 Å². The summed E-state index contributed by atoms with van der Waals surface area (Å²) in [7, 11) is 0. The first-order valence-corrected chi connectivity index (χ1v) is 5.27. The Bertz CT molecular complexity index is 232. The van der Waals surface area contributed by atoms with E-state index in [2.05, 4.69) is 30.7 Å². The molecule has 0 aliphatic carbocycles. The van der Waals surface area contributed by atoms with E-state index < -0.39 is 0 Å². The molecule has 0 atom stereocenters. The van der Waals surface area contributed by atoms with Crippen LogP contribution in [0.3, 0.4) is 0 Å². The number of nitrogens with zero attached hydrogens (tertiary/aromatic N) is 2. The van der Waals surface area contributed by atoms with E-state index >= 15 is 0 Å². The first kappa shape index (κ1) is 9.52. The summed E-state index contributed by atoms with van der Waals surface area (Å²) < 4.78 is 0. The molecule has 0 amide bonds. The highest BCUT2D eigenvalue weighted by Gasteiger charge is 2.05. The van der Waals surface area contributed by atoms with Crippen LogP contribution in [-0.2, 0) is 0 Å². The molecule has 0 radical (unpaired) electrons. The highest BCUT2D eigenvalue weighted by molar-refractivity contribution is 7.15. The predicted octanol–water partition coefficient (Wildman–Crippen LogP) is 2.69. The standard InChI is InChI=1S/C9H16N2S/c1-4-6-11(5-2)9-10-7-8(3)12-9/h7H,4-6H2,1-3H3. The zero-order chi connectivity index (χ0) is 8.97. The van der Waals surface area contributed by atoms with Crippen LogP contribution in [-0.4, -0.2) is 18.1 Å². The van der Waals surface area contributed by atoms with Crippen molar-refractivity contribution in [2.24, 2.45) is 0 Å². The zero-order valence-electron chi connectivity index (χ0n) is 8.00. The maximum atomic E-state index is 4.35. The lowest BCUT2D eigenvalue weighted by molar-refractivity contribution is 0.788. The van der Waals surface area contributed by atoms with E-state index in [4.69, 9.17) is 0 Å². The summed E-state index contributed by atoms with van der Waals surface area (Å²) >= 11 is 1.78. The first-order chi connectivity index (χ1) is 5.77. The number of aryl methyl sites for hydroxylation is 1. The number of aromatic nitrogens is 1. The third-order valence-corrected chi connectivity index (χ3v) is 2.73. The molecule has 0 aliphatic rings. The lowest BCUT2D eigenvalue weighted by Crippen LogP contribution is -2.22. The number of rotatable bonds is 4. The molecule has 3 heteroatoms. The van der Waals surface area contributed by atoms with Gasteiger partial charge < -0.3 is 4.90 Å². The molecule has 0 aliphatic heterocycles. The van der Waals surface area contributed by atoms with E-state index in [1.807, 2.05) is 6.20 Å². The summed E-state index contributed by atoms with van der Waals surface area (Å²) in [5.74, 6) is 0. The molecule has 1 aromatic heterocycles. The van der Waals surface area contributed by atoms with E-state index in [-0.39, 0.29) is 0 Å². The van der Waals surface area contributed by atoms with Gasteiger partial charge in [-0.05, 0) is 20.3 Å². The molecule has 0 bridgehead atoms. The van der Waals surface area contributed by atoms with Gasteiger partial charge in [0.05, 0.1) is 0 Å². The van der Waals surface area contributed by atoms with Crippen molar-refractivity contribution in [3.63, 3.8) is 0 Å². The van der Waals surface area contributed by atoms with Gasteiger partial charge in [0.1, 0.15) is 0 Å². The molecule has 0 saturated carbocycles. The van der Waals surface area contributed by atoms with Crippen LogP contribution in [0.5, 0.6) is 0 Å². The molecular formula is C9H16N2S. The Labute approximate surface area is 78.2 Å². The van der Waals surface area contributed by atoms with E-state index in [1.54, 1.807) is 11.3 Å². The highest BCUT2D eigenvalue weighted by Crippen LogP contribution is 2.21. The number of hydrogen-bond donors (Lipinski definition) is 0. The molecule has 0 fully saturated rings. The molecule has 0 aromatic carbocycles. The van der Waals surface area contributed by atoms with Crippen LogP contribution in [0.2, 0.25) is 0 Å². The van der Waals surface area contributed by atoms with Crippen LogP contribution >= 0.6 is 11.3 Å². The van der Waals surface area contributed by atoms with Gasteiger partial charge in [0.25, 0.3) is 0 Å². The van der Waals surface area contributed by atoms with Crippen molar-refractivity contribution in [1.82, 2.24) is 4.98 Å². The molecule has 1 rings (SSSR count). The Hall–Kier alpha value is -0.570. The smallest absolute Gasteiger partial charge is 0.185 e. The minimum Gasteiger partial charge on any atom is -0.348 e. The van der Waals surface area contributed by atoms with E-state index in [9.17, 15) is 0 Å². The second kappa shape index (κ2) is 4.45. The van der Waals surface area contributed by atoms with E-state index in [0.717, 1.165) is 18.2 Å². The average molecular weight is 184 g/mol. The van der Waals surface area contributed by atoms with Crippen LogP contribution in [0.1, 0.15) is 25.1 Å². The highest BCUT2D eigenvalue weighted by atomic mass is 32.1. The normalized spacial score (nSPS) is 10.2. The molecular weight excluding hydrogens is 168 g/mol. The van der Waals surface area contributed by atoms with Crippen molar-refractivity contribution in [2.45, 2.75) is 27.2 Å². The van der Waals surface area contributed by atoms with Crippen LogP contribution in [0.4, 0.5) is 5.13 Å².